The van der Waals surface area contributed by atoms with Crippen molar-refractivity contribution in [1.29, 1.82) is 0 Å². The Hall–Kier alpha value is -3.60. The van der Waals surface area contributed by atoms with Gasteiger partial charge in [-0.05, 0) is 94.9 Å². The Balaban J connectivity index is 2.05. The molecule has 0 spiro atoms. The van der Waals surface area contributed by atoms with E-state index in [9.17, 15) is 15.0 Å². The maximum Gasteiger partial charge on any atom is 0.410 e. The van der Waals surface area contributed by atoms with Gasteiger partial charge in [0.1, 0.15) is 29.7 Å². The molecule has 1 fully saturated rings. The van der Waals surface area contributed by atoms with E-state index in [4.69, 9.17) is 28.9 Å². The van der Waals surface area contributed by atoms with Gasteiger partial charge in [0, 0.05) is 37.7 Å². The zero-order valence-corrected chi connectivity index (χ0v) is 31.9. The summed E-state index contributed by atoms with van der Waals surface area (Å²) in [6.45, 7) is 21.0. The fraction of sp³-hybridized carbons (Fsp3) is 0.619. The van der Waals surface area contributed by atoms with Crippen LogP contribution in [0.5, 0.6) is 11.5 Å². The van der Waals surface area contributed by atoms with Crippen LogP contribution in [0.25, 0.3) is 0 Å². The van der Waals surface area contributed by atoms with E-state index in [1.807, 2.05) is 39.8 Å². The highest BCUT2D eigenvalue weighted by atomic mass is 16.7. The number of fused-ring (bicyclic) bond motifs is 2. The Morgan fingerprint density at radius 1 is 1.06 bits per heavy atom. The SMILES string of the molecule is C=CCCOC(=O)N(CCC)C1CC(=NOC(C)(C)C)C2=CC(CCCCO)C(CCCCO)C3c4cc(OCC=C)ccc4OC1(OCC=C)C23. The molecular weight excluding hydrogens is 660 g/mol. The average molecular weight is 723 g/mol. The van der Waals surface area contributed by atoms with Crippen LogP contribution in [0.3, 0.4) is 0 Å². The van der Waals surface area contributed by atoms with Crippen molar-refractivity contribution in [2.75, 3.05) is 39.6 Å². The molecule has 1 aromatic carbocycles. The molecule has 6 unspecified atom stereocenters. The van der Waals surface area contributed by atoms with Gasteiger partial charge in [-0.15, -0.1) is 13.2 Å². The number of aliphatic hydroxyl groups excluding tert-OH is 2. The van der Waals surface area contributed by atoms with Crippen molar-refractivity contribution in [3.63, 3.8) is 0 Å². The number of allylic oxidation sites excluding steroid dienone is 1. The zero-order chi connectivity index (χ0) is 37.7. The van der Waals surface area contributed by atoms with Gasteiger partial charge in [-0.2, -0.15) is 0 Å². The Morgan fingerprint density at radius 2 is 1.79 bits per heavy atom. The summed E-state index contributed by atoms with van der Waals surface area (Å²) < 4.78 is 26.1. The molecule has 1 aromatic rings. The van der Waals surface area contributed by atoms with E-state index in [0.29, 0.717) is 56.8 Å². The monoisotopic (exact) mass is 722 g/mol. The number of amides is 1. The highest BCUT2D eigenvalue weighted by molar-refractivity contribution is 6.03. The van der Waals surface area contributed by atoms with Gasteiger partial charge < -0.3 is 34.0 Å². The van der Waals surface area contributed by atoms with Gasteiger partial charge in [0.25, 0.3) is 0 Å². The Kier molecular flexibility index (Phi) is 15.4. The van der Waals surface area contributed by atoms with E-state index < -0.39 is 29.4 Å². The van der Waals surface area contributed by atoms with Crippen LogP contribution in [0, 0.1) is 17.8 Å². The second-order valence-electron chi connectivity index (χ2n) is 15.0. The minimum absolute atomic E-state index is 0.116. The van der Waals surface area contributed by atoms with Crippen LogP contribution in [0.15, 0.2) is 73.0 Å². The van der Waals surface area contributed by atoms with Crippen molar-refractivity contribution in [3.05, 3.63) is 73.4 Å². The van der Waals surface area contributed by atoms with Crippen molar-refractivity contribution in [1.82, 2.24) is 4.90 Å². The van der Waals surface area contributed by atoms with Gasteiger partial charge in [-0.1, -0.05) is 55.8 Å². The number of ether oxygens (including phenoxy) is 4. The lowest BCUT2D eigenvalue weighted by atomic mass is 9.55. The summed E-state index contributed by atoms with van der Waals surface area (Å²) >= 11 is 0. The van der Waals surface area contributed by atoms with E-state index >= 15 is 0 Å². The predicted molar refractivity (Wildman–Crippen MR) is 205 cm³/mol. The summed E-state index contributed by atoms with van der Waals surface area (Å²) in [5.74, 6) is -0.239. The lowest BCUT2D eigenvalue weighted by Gasteiger charge is -2.60. The first-order chi connectivity index (χ1) is 25.1. The molecule has 52 heavy (non-hydrogen) atoms. The number of carbonyl (C=O) groups excluding carboxylic acids is 1. The molecule has 3 aliphatic rings. The number of aliphatic hydroxyl groups is 2. The van der Waals surface area contributed by atoms with E-state index in [1.165, 1.54) is 0 Å². The van der Waals surface area contributed by atoms with Crippen molar-refractivity contribution < 1.29 is 38.8 Å². The Morgan fingerprint density at radius 3 is 2.44 bits per heavy atom. The zero-order valence-electron chi connectivity index (χ0n) is 31.9. The van der Waals surface area contributed by atoms with Crippen LogP contribution in [-0.2, 0) is 14.3 Å². The largest absolute Gasteiger partial charge is 0.490 e. The van der Waals surface area contributed by atoms with Crippen LogP contribution < -0.4 is 9.47 Å². The van der Waals surface area contributed by atoms with Crippen molar-refractivity contribution in [3.8, 4) is 11.5 Å². The molecular formula is C42H62N2O8. The number of benzene rings is 1. The molecule has 0 bridgehead atoms. The second-order valence-corrected chi connectivity index (χ2v) is 15.0. The third-order valence-corrected chi connectivity index (χ3v) is 10.1. The lowest BCUT2D eigenvalue weighted by Crippen LogP contribution is -2.70. The minimum atomic E-state index is -1.33. The molecule has 10 nitrogen and oxygen atoms in total. The fourth-order valence-electron chi connectivity index (χ4n) is 8.01. The quantitative estimate of drug-likeness (QED) is 0.0743. The summed E-state index contributed by atoms with van der Waals surface area (Å²) in [6.07, 6.45) is 13.4. The summed E-state index contributed by atoms with van der Waals surface area (Å²) in [4.78, 5) is 22.0. The summed E-state index contributed by atoms with van der Waals surface area (Å²) in [5.41, 5.74) is 2.18. The summed E-state index contributed by atoms with van der Waals surface area (Å²) in [7, 11) is 0. The van der Waals surface area contributed by atoms with Gasteiger partial charge in [0.15, 0.2) is 0 Å². The first-order valence-corrected chi connectivity index (χ1v) is 19.1. The lowest BCUT2D eigenvalue weighted by molar-refractivity contribution is -0.255. The molecule has 1 amide bonds. The molecule has 0 aromatic heterocycles. The number of nitrogens with zero attached hydrogens (tertiary/aromatic N) is 2. The second kappa shape index (κ2) is 19.5. The van der Waals surface area contributed by atoms with Gasteiger partial charge in [0.05, 0.1) is 24.8 Å². The number of oxime groups is 1. The van der Waals surface area contributed by atoms with E-state index in [0.717, 1.165) is 42.5 Å². The third-order valence-electron chi connectivity index (χ3n) is 10.1. The highest BCUT2D eigenvalue weighted by Crippen LogP contribution is 2.62. The molecule has 1 heterocycles. The van der Waals surface area contributed by atoms with Gasteiger partial charge in [0.2, 0.25) is 5.79 Å². The Labute approximate surface area is 311 Å². The molecule has 0 radical (unpaired) electrons. The molecule has 10 heteroatoms. The first-order valence-electron chi connectivity index (χ1n) is 19.1. The molecule has 2 N–H and O–H groups in total. The topological polar surface area (TPSA) is 119 Å². The van der Waals surface area contributed by atoms with Crippen molar-refractivity contribution in [2.24, 2.45) is 22.9 Å². The molecule has 2 aliphatic carbocycles. The standard InChI is InChI=1S/C42H62N2O8/c1-8-12-26-49-40(47)44(21-9-2)37-29-35(43-52-41(5,6)7)33-27-30(17-13-15-22-45)32(18-14-16-23-46)38-34-28-31(48-24-10-3)19-20-36(34)51-42(37,39(33)38)50-25-11-4/h8,10-11,19-20,27-28,30,32,37-39,45-46H,1,3-4,9,12-18,21-26,29H2,2,5-7H3. The maximum absolute atomic E-state index is 14.1. The maximum atomic E-state index is 14.1. The fourth-order valence-corrected chi connectivity index (χ4v) is 8.01. The molecule has 1 saturated carbocycles. The van der Waals surface area contributed by atoms with E-state index in [2.05, 4.69) is 31.9 Å². The number of hydrogen-bond acceptors (Lipinski definition) is 9. The normalized spacial score (nSPS) is 25.5. The first kappa shape index (κ1) is 41.2. The van der Waals surface area contributed by atoms with E-state index in [-0.39, 0.29) is 44.2 Å². The third kappa shape index (κ3) is 9.68. The van der Waals surface area contributed by atoms with Crippen LogP contribution >= 0.6 is 0 Å². The number of hydrogen-bond donors (Lipinski definition) is 2. The van der Waals surface area contributed by atoms with Crippen LogP contribution in [0.2, 0.25) is 0 Å². The number of rotatable bonds is 21. The smallest absolute Gasteiger partial charge is 0.410 e. The van der Waals surface area contributed by atoms with Gasteiger partial charge >= 0.3 is 6.09 Å². The predicted octanol–water partition coefficient (Wildman–Crippen LogP) is 8.11. The molecule has 288 valence electrons. The summed E-state index contributed by atoms with van der Waals surface area (Å²) in [6, 6.07) is 5.29. The van der Waals surface area contributed by atoms with Crippen LogP contribution in [0.1, 0.15) is 97.0 Å². The highest BCUT2D eigenvalue weighted by Gasteiger charge is 2.65. The average Bonchev–Trinajstić information content (AvgIpc) is 3.12. The number of carbonyl (C=O) groups is 1. The molecule has 4 rings (SSSR count). The molecule has 0 saturated heterocycles. The molecule has 1 aliphatic heterocycles. The van der Waals surface area contributed by atoms with Crippen molar-refractivity contribution >= 4 is 11.8 Å². The minimum Gasteiger partial charge on any atom is -0.490 e. The van der Waals surface area contributed by atoms with Gasteiger partial charge in [-0.25, -0.2) is 4.79 Å². The Bertz CT molecular complexity index is 1420. The van der Waals surface area contributed by atoms with E-state index in [1.54, 1.807) is 23.1 Å². The summed E-state index contributed by atoms with van der Waals surface area (Å²) in [5, 5.41) is 24.5. The van der Waals surface area contributed by atoms with Crippen LogP contribution in [0.4, 0.5) is 4.79 Å². The van der Waals surface area contributed by atoms with Gasteiger partial charge in [-0.3, -0.25) is 4.90 Å². The molecule has 6 atom stereocenters. The van der Waals surface area contributed by atoms with Crippen molar-refractivity contribution in [2.45, 2.75) is 109 Å². The van der Waals surface area contributed by atoms with Crippen LogP contribution in [-0.4, -0.2) is 83.9 Å². The number of unbranched alkanes of at least 4 members (excludes halogenated alkanes) is 2.